The van der Waals surface area contributed by atoms with Gasteiger partial charge in [0.2, 0.25) is 0 Å². The van der Waals surface area contributed by atoms with Crippen LogP contribution in [0.25, 0.3) is 0 Å². The minimum Gasteiger partial charge on any atom is -0.386 e. The topological polar surface area (TPSA) is 80.3 Å². The molecular weight excluding hydrogens is 266 g/mol. The molecule has 0 spiro atoms. The Labute approximate surface area is 113 Å². The Morgan fingerprint density at radius 1 is 1.53 bits per heavy atom. The molecule has 1 unspecified atom stereocenters. The lowest BCUT2D eigenvalue weighted by atomic mass is 10.0. The molecular formula is C12H19N3O3S. The Morgan fingerprint density at radius 2 is 2.37 bits per heavy atom. The van der Waals surface area contributed by atoms with Gasteiger partial charge in [0.25, 0.3) is 10.0 Å². The van der Waals surface area contributed by atoms with Crippen LogP contribution < -0.4 is 10.0 Å². The fourth-order valence-corrected chi connectivity index (χ4v) is 3.31. The molecule has 2 heterocycles. The molecule has 0 radical (unpaired) electrons. The quantitative estimate of drug-likeness (QED) is 0.837. The van der Waals surface area contributed by atoms with Crippen LogP contribution in [0.2, 0.25) is 0 Å². The third-order valence-corrected chi connectivity index (χ3v) is 4.49. The van der Waals surface area contributed by atoms with Gasteiger partial charge in [0.05, 0.1) is 12.3 Å². The van der Waals surface area contributed by atoms with Crippen molar-refractivity contribution in [3.8, 4) is 0 Å². The van der Waals surface area contributed by atoms with Crippen LogP contribution in [-0.4, -0.2) is 40.2 Å². The average Bonchev–Trinajstić information content (AvgIpc) is 2.46. The van der Waals surface area contributed by atoms with Crippen LogP contribution >= 0.6 is 0 Å². The van der Waals surface area contributed by atoms with Crippen LogP contribution in [0.4, 0.5) is 5.69 Å². The summed E-state index contributed by atoms with van der Waals surface area (Å²) in [6.45, 7) is 1.78. The molecule has 1 aliphatic rings. The first-order valence-corrected chi connectivity index (χ1v) is 7.82. The van der Waals surface area contributed by atoms with Crippen molar-refractivity contribution in [3.05, 3.63) is 18.3 Å². The minimum absolute atomic E-state index is 0.0363. The van der Waals surface area contributed by atoms with Gasteiger partial charge in [-0.05, 0) is 30.9 Å². The summed E-state index contributed by atoms with van der Waals surface area (Å²) in [5, 5.41) is 2.87. The van der Waals surface area contributed by atoms with Crippen LogP contribution in [0.5, 0.6) is 0 Å². The van der Waals surface area contributed by atoms with Crippen LogP contribution in [0.3, 0.4) is 0 Å². The number of nitrogens with zero attached hydrogens (tertiary/aromatic N) is 1. The third-order valence-electron chi connectivity index (χ3n) is 3.11. The first-order chi connectivity index (χ1) is 9.13. The number of aromatic nitrogens is 1. The zero-order valence-electron chi connectivity index (χ0n) is 10.9. The molecule has 1 saturated heterocycles. The molecule has 106 valence electrons. The van der Waals surface area contributed by atoms with Gasteiger partial charge in [-0.25, -0.2) is 18.1 Å². The Balaban J connectivity index is 2.05. The highest BCUT2D eigenvalue weighted by Crippen LogP contribution is 2.18. The lowest BCUT2D eigenvalue weighted by Crippen LogP contribution is -2.33. The minimum atomic E-state index is -3.58. The van der Waals surface area contributed by atoms with Crippen molar-refractivity contribution < 1.29 is 13.2 Å². The normalized spacial score (nSPS) is 20.2. The maximum Gasteiger partial charge on any atom is 0.260 e. The number of rotatable bonds is 5. The smallest absolute Gasteiger partial charge is 0.260 e. The maximum absolute atomic E-state index is 12.2. The van der Waals surface area contributed by atoms with E-state index in [0.717, 1.165) is 19.4 Å². The lowest BCUT2D eigenvalue weighted by molar-refractivity contribution is 0.0568. The predicted molar refractivity (Wildman–Crippen MR) is 72.5 cm³/mol. The van der Waals surface area contributed by atoms with E-state index in [1.54, 1.807) is 19.2 Å². The maximum atomic E-state index is 12.2. The van der Waals surface area contributed by atoms with E-state index in [4.69, 9.17) is 4.74 Å². The van der Waals surface area contributed by atoms with Crippen LogP contribution in [0, 0.1) is 5.92 Å². The molecule has 1 aliphatic heterocycles. The molecule has 1 fully saturated rings. The van der Waals surface area contributed by atoms with E-state index in [1.165, 1.54) is 6.20 Å². The number of hydrogen-bond acceptors (Lipinski definition) is 5. The van der Waals surface area contributed by atoms with Gasteiger partial charge in [-0.15, -0.1) is 0 Å². The Bertz CT molecular complexity index is 513. The molecule has 0 aliphatic carbocycles. The number of hydrogen-bond donors (Lipinski definition) is 2. The Kier molecular flexibility index (Phi) is 4.73. The Morgan fingerprint density at radius 3 is 3.05 bits per heavy atom. The summed E-state index contributed by atoms with van der Waals surface area (Å²) >= 11 is 0. The second-order valence-electron chi connectivity index (χ2n) is 4.54. The fourth-order valence-electron chi connectivity index (χ4n) is 2.06. The molecule has 6 nitrogen and oxygen atoms in total. The largest absolute Gasteiger partial charge is 0.386 e. The molecule has 19 heavy (non-hydrogen) atoms. The third kappa shape index (κ3) is 3.65. The van der Waals surface area contributed by atoms with Crippen molar-refractivity contribution in [3.63, 3.8) is 0 Å². The van der Waals surface area contributed by atoms with E-state index in [9.17, 15) is 8.42 Å². The van der Waals surface area contributed by atoms with Gasteiger partial charge in [-0.2, -0.15) is 0 Å². The highest BCUT2D eigenvalue weighted by Gasteiger charge is 2.22. The van der Waals surface area contributed by atoms with Crippen LogP contribution in [0.15, 0.2) is 23.4 Å². The van der Waals surface area contributed by atoms with Crippen LogP contribution in [-0.2, 0) is 14.8 Å². The van der Waals surface area contributed by atoms with Crippen molar-refractivity contribution in [2.45, 2.75) is 17.9 Å². The van der Waals surface area contributed by atoms with Crippen LogP contribution in [0.1, 0.15) is 12.8 Å². The summed E-state index contributed by atoms with van der Waals surface area (Å²) in [6.07, 6.45) is 3.44. The summed E-state index contributed by atoms with van der Waals surface area (Å²) < 4.78 is 32.3. The molecule has 1 atom stereocenters. The van der Waals surface area contributed by atoms with E-state index < -0.39 is 10.0 Å². The van der Waals surface area contributed by atoms with E-state index in [-0.39, 0.29) is 10.9 Å². The standard InChI is InChI=1S/C12H19N3O3S/c1-13-11-5-2-6-14-12(11)19(16,17)15-8-10-4-3-7-18-9-10/h2,5-6,10,13,15H,3-4,7-9H2,1H3. The highest BCUT2D eigenvalue weighted by molar-refractivity contribution is 7.89. The van der Waals surface area contributed by atoms with Gasteiger partial charge in [-0.3, -0.25) is 0 Å². The lowest BCUT2D eigenvalue weighted by Gasteiger charge is -2.22. The number of sulfonamides is 1. The van der Waals surface area contributed by atoms with Crippen molar-refractivity contribution in [2.24, 2.45) is 5.92 Å². The molecule has 0 aromatic carbocycles. The Hall–Kier alpha value is -1.18. The zero-order valence-corrected chi connectivity index (χ0v) is 11.7. The summed E-state index contributed by atoms with van der Waals surface area (Å²) in [7, 11) is -1.91. The summed E-state index contributed by atoms with van der Waals surface area (Å²) in [6, 6.07) is 3.38. The van der Waals surface area contributed by atoms with Gasteiger partial charge in [0.1, 0.15) is 0 Å². The van der Waals surface area contributed by atoms with Gasteiger partial charge >= 0.3 is 0 Å². The first-order valence-electron chi connectivity index (χ1n) is 6.33. The van der Waals surface area contributed by atoms with E-state index >= 15 is 0 Å². The first kappa shape index (κ1) is 14.2. The monoisotopic (exact) mass is 285 g/mol. The van der Waals surface area contributed by atoms with Crippen molar-refractivity contribution in [2.75, 3.05) is 32.1 Å². The number of ether oxygens (including phenoxy) is 1. The molecule has 0 amide bonds. The highest BCUT2D eigenvalue weighted by atomic mass is 32.2. The molecule has 1 aromatic rings. The van der Waals surface area contributed by atoms with Gasteiger partial charge in [0, 0.05) is 26.4 Å². The van der Waals surface area contributed by atoms with Gasteiger partial charge < -0.3 is 10.1 Å². The zero-order chi connectivity index (χ0) is 13.7. The fraction of sp³-hybridized carbons (Fsp3) is 0.583. The summed E-state index contributed by atoms with van der Waals surface area (Å²) in [5.41, 5.74) is 0.495. The predicted octanol–water partition coefficient (Wildman–Crippen LogP) is 0.828. The second-order valence-corrected chi connectivity index (χ2v) is 6.22. The summed E-state index contributed by atoms with van der Waals surface area (Å²) in [5.74, 6) is 0.241. The van der Waals surface area contributed by atoms with Gasteiger partial charge in [-0.1, -0.05) is 0 Å². The number of pyridine rings is 1. The van der Waals surface area contributed by atoms with E-state index in [0.29, 0.717) is 18.8 Å². The number of anilines is 1. The molecule has 0 saturated carbocycles. The van der Waals surface area contributed by atoms with Crippen molar-refractivity contribution >= 4 is 15.7 Å². The number of nitrogens with one attached hydrogen (secondary N) is 2. The van der Waals surface area contributed by atoms with E-state index in [1.807, 2.05) is 0 Å². The van der Waals surface area contributed by atoms with E-state index in [2.05, 4.69) is 15.0 Å². The van der Waals surface area contributed by atoms with Crippen molar-refractivity contribution in [1.29, 1.82) is 0 Å². The van der Waals surface area contributed by atoms with Gasteiger partial charge in [0.15, 0.2) is 5.03 Å². The van der Waals surface area contributed by atoms with Crippen molar-refractivity contribution in [1.82, 2.24) is 9.71 Å². The average molecular weight is 285 g/mol. The molecule has 1 aromatic heterocycles. The summed E-state index contributed by atoms with van der Waals surface area (Å²) in [4.78, 5) is 3.94. The SMILES string of the molecule is CNc1cccnc1S(=O)(=O)NCC1CCCOC1. The molecule has 2 rings (SSSR count). The second kappa shape index (κ2) is 6.31. The molecule has 2 N–H and O–H groups in total. The molecule has 0 bridgehead atoms. The molecule has 7 heteroatoms.